The highest BCUT2D eigenvalue weighted by Gasteiger charge is 2.03. The zero-order chi connectivity index (χ0) is 15.1. The highest BCUT2D eigenvalue weighted by molar-refractivity contribution is 5.81. The summed E-state index contributed by atoms with van der Waals surface area (Å²) in [7, 11) is 1.57. The third-order valence-corrected chi connectivity index (χ3v) is 2.45. The van der Waals surface area contributed by atoms with E-state index in [4.69, 9.17) is 9.47 Å². The number of hydrazone groups is 1. The van der Waals surface area contributed by atoms with Crippen molar-refractivity contribution in [1.82, 2.24) is 15.2 Å². The summed E-state index contributed by atoms with van der Waals surface area (Å²) in [5.41, 5.74) is 3.02. The van der Waals surface area contributed by atoms with Crippen LogP contribution in [0.15, 0.2) is 34.3 Å². The number of nitrogens with one attached hydrogen (secondary N) is 2. The van der Waals surface area contributed by atoms with Crippen LogP contribution < -0.4 is 20.5 Å². The van der Waals surface area contributed by atoms with Crippen LogP contribution in [-0.4, -0.2) is 35.1 Å². The third-order valence-electron chi connectivity index (χ3n) is 2.45. The normalized spacial score (nSPS) is 10.6. The maximum Gasteiger partial charge on any atom is 0.271 e. The Balaban J connectivity index is 2.08. The molecule has 0 bridgehead atoms. The molecule has 2 N–H and O–H groups in total. The minimum Gasteiger partial charge on any atom is -0.493 e. The number of ether oxygens (including phenoxy) is 2. The number of anilines is 1. The molecule has 0 saturated heterocycles. The van der Waals surface area contributed by atoms with Crippen molar-refractivity contribution in [3.63, 3.8) is 0 Å². The monoisotopic (exact) mass is 289 g/mol. The second kappa shape index (κ2) is 7.04. The minimum absolute atomic E-state index is 0.164. The van der Waals surface area contributed by atoms with Crippen LogP contribution in [0.2, 0.25) is 0 Å². The van der Waals surface area contributed by atoms with Gasteiger partial charge in [-0.3, -0.25) is 9.78 Å². The van der Waals surface area contributed by atoms with E-state index in [9.17, 15) is 4.79 Å². The van der Waals surface area contributed by atoms with Crippen molar-refractivity contribution in [2.75, 3.05) is 19.1 Å². The Hall–Kier alpha value is -2.90. The van der Waals surface area contributed by atoms with Crippen LogP contribution in [0.4, 0.5) is 5.95 Å². The van der Waals surface area contributed by atoms with E-state index in [0.717, 1.165) is 11.8 Å². The van der Waals surface area contributed by atoms with Crippen molar-refractivity contribution in [3.05, 3.63) is 40.3 Å². The number of hydrogen-bond acceptors (Lipinski definition) is 7. The van der Waals surface area contributed by atoms with Gasteiger partial charge >= 0.3 is 0 Å². The molecule has 0 saturated carbocycles. The van der Waals surface area contributed by atoms with E-state index in [1.54, 1.807) is 25.5 Å². The van der Waals surface area contributed by atoms with Crippen molar-refractivity contribution >= 4 is 12.2 Å². The first-order valence-corrected chi connectivity index (χ1v) is 6.25. The number of aromatic nitrogens is 3. The SMILES string of the molecule is CCOc1ccc(C=NNc2nncc(=O)[nH]2)cc1OC. The van der Waals surface area contributed by atoms with Crippen LogP contribution in [-0.2, 0) is 0 Å². The van der Waals surface area contributed by atoms with Crippen LogP contribution >= 0.6 is 0 Å². The van der Waals surface area contributed by atoms with Crippen molar-refractivity contribution in [3.8, 4) is 11.5 Å². The van der Waals surface area contributed by atoms with Crippen molar-refractivity contribution < 1.29 is 9.47 Å². The molecule has 2 aromatic rings. The molecule has 1 aromatic carbocycles. The van der Waals surface area contributed by atoms with Crippen molar-refractivity contribution in [1.29, 1.82) is 0 Å². The molecule has 2 rings (SSSR count). The molecule has 0 aliphatic rings. The maximum absolute atomic E-state index is 11.0. The molecular weight excluding hydrogens is 274 g/mol. The fourth-order valence-electron chi connectivity index (χ4n) is 1.57. The van der Waals surface area contributed by atoms with Gasteiger partial charge in [0.25, 0.3) is 5.56 Å². The van der Waals surface area contributed by atoms with Gasteiger partial charge in [-0.1, -0.05) is 0 Å². The van der Waals surface area contributed by atoms with Crippen LogP contribution in [0.25, 0.3) is 0 Å². The lowest BCUT2D eigenvalue weighted by molar-refractivity contribution is 0.311. The Kier molecular flexibility index (Phi) is 4.86. The molecule has 0 atom stereocenters. The van der Waals surface area contributed by atoms with E-state index >= 15 is 0 Å². The zero-order valence-electron chi connectivity index (χ0n) is 11.7. The van der Waals surface area contributed by atoms with Crippen LogP contribution in [0.3, 0.4) is 0 Å². The topological polar surface area (TPSA) is 101 Å². The van der Waals surface area contributed by atoms with Crippen molar-refractivity contribution in [2.45, 2.75) is 6.92 Å². The van der Waals surface area contributed by atoms with E-state index in [0.29, 0.717) is 18.1 Å². The third kappa shape index (κ3) is 4.03. The van der Waals surface area contributed by atoms with E-state index in [1.165, 1.54) is 0 Å². The van der Waals surface area contributed by atoms with Gasteiger partial charge in [0.1, 0.15) is 6.20 Å². The van der Waals surface area contributed by atoms with Crippen LogP contribution in [0.1, 0.15) is 12.5 Å². The second-order valence-electron chi connectivity index (χ2n) is 3.90. The molecule has 110 valence electrons. The number of aromatic amines is 1. The maximum atomic E-state index is 11.0. The van der Waals surface area contributed by atoms with Gasteiger partial charge in [0, 0.05) is 0 Å². The lowest BCUT2D eigenvalue weighted by Gasteiger charge is -2.09. The first-order valence-electron chi connectivity index (χ1n) is 6.25. The van der Waals surface area contributed by atoms with Gasteiger partial charge in [-0.2, -0.15) is 5.10 Å². The Morgan fingerprint density at radius 3 is 3.00 bits per heavy atom. The largest absolute Gasteiger partial charge is 0.493 e. The lowest BCUT2D eigenvalue weighted by Crippen LogP contribution is -2.10. The number of nitrogens with zero attached hydrogens (tertiary/aromatic N) is 3. The molecule has 0 unspecified atom stereocenters. The van der Waals surface area contributed by atoms with Crippen LogP contribution in [0, 0.1) is 0 Å². The number of hydrogen-bond donors (Lipinski definition) is 2. The minimum atomic E-state index is -0.356. The highest BCUT2D eigenvalue weighted by Crippen LogP contribution is 2.27. The first-order chi connectivity index (χ1) is 10.2. The molecule has 0 aliphatic carbocycles. The molecule has 21 heavy (non-hydrogen) atoms. The highest BCUT2D eigenvalue weighted by atomic mass is 16.5. The quantitative estimate of drug-likeness (QED) is 0.608. The van der Waals surface area contributed by atoms with Gasteiger partial charge in [0.15, 0.2) is 11.5 Å². The summed E-state index contributed by atoms with van der Waals surface area (Å²) in [5, 5.41) is 11.1. The molecule has 0 fully saturated rings. The van der Waals surface area contributed by atoms with E-state index in [2.05, 4.69) is 25.7 Å². The molecule has 1 heterocycles. The van der Waals surface area contributed by atoms with Gasteiger partial charge in [0.05, 0.1) is 19.9 Å². The number of H-pyrrole nitrogens is 1. The standard InChI is InChI=1S/C13H15N5O3/c1-3-21-10-5-4-9(6-11(10)20-2)7-14-17-13-16-12(19)8-15-18-13/h4-8H,3H2,1-2H3,(H2,16,17,18,19). The summed E-state index contributed by atoms with van der Waals surface area (Å²) in [6.07, 6.45) is 2.64. The average Bonchev–Trinajstić information content (AvgIpc) is 2.49. The molecule has 1 aromatic heterocycles. The van der Waals surface area contributed by atoms with Crippen LogP contribution in [0.5, 0.6) is 11.5 Å². The summed E-state index contributed by atoms with van der Waals surface area (Å²) in [5.74, 6) is 1.45. The molecule has 0 spiro atoms. The predicted octanol–water partition coefficient (Wildman–Crippen LogP) is 1.02. The van der Waals surface area contributed by atoms with Crippen molar-refractivity contribution in [2.24, 2.45) is 5.10 Å². The summed E-state index contributed by atoms with van der Waals surface area (Å²) in [4.78, 5) is 13.5. The molecule has 0 radical (unpaired) electrons. The molecule has 8 nitrogen and oxygen atoms in total. The number of methoxy groups -OCH3 is 1. The average molecular weight is 289 g/mol. The Labute approximate surface area is 120 Å². The van der Waals surface area contributed by atoms with Gasteiger partial charge in [-0.05, 0) is 30.7 Å². The van der Waals surface area contributed by atoms with E-state index in [1.807, 2.05) is 13.0 Å². The van der Waals surface area contributed by atoms with Gasteiger partial charge < -0.3 is 9.47 Å². The Bertz CT molecular complexity index is 684. The summed E-state index contributed by atoms with van der Waals surface area (Å²) >= 11 is 0. The molecule has 0 aliphatic heterocycles. The fraction of sp³-hybridized carbons (Fsp3) is 0.231. The molecule has 0 amide bonds. The zero-order valence-corrected chi connectivity index (χ0v) is 11.7. The van der Waals surface area contributed by atoms with Gasteiger partial charge in [-0.15, -0.1) is 10.2 Å². The Morgan fingerprint density at radius 1 is 1.43 bits per heavy atom. The Morgan fingerprint density at radius 2 is 2.29 bits per heavy atom. The first kappa shape index (κ1) is 14.5. The number of benzene rings is 1. The van der Waals surface area contributed by atoms with Gasteiger partial charge in [0.2, 0.25) is 5.95 Å². The predicted molar refractivity (Wildman–Crippen MR) is 78.0 cm³/mol. The summed E-state index contributed by atoms with van der Waals surface area (Å²) < 4.78 is 10.7. The second-order valence-corrected chi connectivity index (χ2v) is 3.90. The smallest absolute Gasteiger partial charge is 0.271 e. The van der Waals surface area contributed by atoms with E-state index in [-0.39, 0.29) is 11.5 Å². The molecule has 8 heteroatoms. The van der Waals surface area contributed by atoms with E-state index < -0.39 is 0 Å². The van der Waals surface area contributed by atoms with Gasteiger partial charge in [-0.25, -0.2) is 5.43 Å². The fourth-order valence-corrected chi connectivity index (χ4v) is 1.57. The molecular formula is C13H15N5O3. The number of rotatable bonds is 6. The summed E-state index contributed by atoms with van der Waals surface area (Å²) in [6.45, 7) is 2.46. The lowest BCUT2D eigenvalue weighted by atomic mass is 10.2. The summed E-state index contributed by atoms with van der Waals surface area (Å²) in [6, 6.07) is 5.42.